The summed E-state index contributed by atoms with van der Waals surface area (Å²) in [6.07, 6.45) is 4.40. The Morgan fingerprint density at radius 2 is 2.40 bits per heavy atom. The molecule has 1 aromatic rings. The van der Waals surface area contributed by atoms with E-state index in [9.17, 15) is 0 Å². The second-order valence-electron chi connectivity index (χ2n) is 4.26. The van der Waals surface area contributed by atoms with Crippen molar-refractivity contribution in [3.63, 3.8) is 0 Å². The molecule has 1 N–H and O–H groups in total. The summed E-state index contributed by atoms with van der Waals surface area (Å²) in [7, 11) is 2.07. The third-order valence-electron chi connectivity index (χ3n) is 3.37. The van der Waals surface area contributed by atoms with Gasteiger partial charge in [0, 0.05) is 11.3 Å². The smallest absolute Gasteiger partial charge is 0.113 e. The Hall–Kier alpha value is -0.410. The SMILES string of the molecule is CNC1CCC(SCc2ccco2)C1C. The lowest BCUT2D eigenvalue weighted by Gasteiger charge is -2.19. The molecule has 84 valence electrons. The van der Waals surface area contributed by atoms with Crippen LogP contribution in [-0.2, 0) is 5.75 Å². The summed E-state index contributed by atoms with van der Waals surface area (Å²) < 4.78 is 5.35. The highest BCUT2D eigenvalue weighted by atomic mass is 32.2. The van der Waals surface area contributed by atoms with Gasteiger partial charge in [-0.3, -0.25) is 0 Å². The zero-order valence-corrected chi connectivity index (χ0v) is 10.2. The lowest BCUT2D eigenvalue weighted by Crippen LogP contribution is -2.30. The Kier molecular flexibility index (Phi) is 3.76. The van der Waals surface area contributed by atoms with E-state index in [1.54, 1.807) is 6.26 Å². The summed E-state index contributed by atoms with van der Waals surface area (Å²) in [6, 6.07) is 4.73. The number of hydrogen-bond acceptors (Lipinski definition) is 3. The van der Waals surface area contributed by atoms with Crippen LogP contribution < -0.4 is 5.32 Å². The fourth-order valence-electron chi connectivity index (χ4n) is 2.35. The topological polar surface area (TPSA) is 25.2 Å². The largest absolute Gasteiger partial charge is 0.468 e. The third-order valence-corrected chi connectivity index (χ3v) is 4.92. The first-order chi connectivity index (χ1) is 7.31. The van der Waals surface area contributed by atoms with Crippen LogP contribution in [0.3, 0.4) is 0 Å². The number of rotatable bonds is 4. The maximum Gasteiger partial charge on any atom is 0.113 e. The van der Waals surface area contributed by atoms with Crippen molar-refractivity contribution < 1.29 is 4.42 Å². The average Bonchev–Trinajstić information content (AvgIpc) is 2.85. The molecule has 3 heteroatoms. The molecule has 1 aliphatic carbocycles. The van der Waals surface area contributed by atoms with Gasteiger partial charge < -0.3 is 9.73 Å². The predicted molar refractivity (Wildman–Crippen MR) is 65.0 cm³/mol. The minimum atomic E-state index is 0.708. The molecule has 2 nitrogen and oxygen atoms in total. The van der Waals surface area contributed by atoms with Crippen LogP contribution in [0.25, 0.3) is 0 Å². The average molecular weight is 225 g/mol. The van der Waals surface area contributed by atoms with Gasteiger partial charge in [0.1, 0.15) is 5.76 Å². The molecule has 1 aliphatic rings. The summed E-state index contributed by atoms with van der Waals surface area (Å²) in [5.74, 6) is 2.88. The van der Waals surface area contributed by atoms with Gasteiger partial charge in [-0.15, -0.1) is 0 Å². The van der Waals surface area contributed by atoms with Crippen molar-refractivity contribution in [3.8, 4) is 0 Å². The van der Waals surface area contributed by atoms with Crippen molar-refractivity contribution >= 4 is 11.8 Å². The molecule has 1 fully saturated rings. The Morgan fingerprint density at radius 1 is 1.53 bits per heavy atom. The molecule has 0 amide bonds. The van der Waals surface area contributed by atoms with Crippen LogP contribution in [0.1, 0.15) is 25.5 Å². The highest BCUT2D eigenvalue weighted by molar-refractivity contribution is 7.99. The highest BCUT2D eigenvalue weighted by Gasteiger charge is 2.31. The van der Waals surface area contributed by atoms with Gasteiger partial charge in [0.2, 0.25) is 0 Å². The minimum Gasteiger partial charge on any atom is -0.468 e. The van der Waals surface area contributed by atoms with Crippen LogP contribution in [0.5, 0.6) is 0 Å². The Labute approximate surface area is 95.8 Å². The molecule has 2 rings (SSSR count). The molecular formula is C12H19NOS. The molecule has 3 unspecified atom stereocenters. The van der Waals surface area contributed by atoms with Gasteiger partial charge in [0.15, 0.2) is 0 Å². The van der Waals surface area contributed by atoms with E-state index in [1.807, 2.05) is 17.8 Å². The van der Waals surface area contributed by atoms with Gasteiger partial charge >= 0.3 is 0 Å². The normalized spacial score (nSPS) is 30.9. The van der Waals surface area contributed by atoms with Crippen LogP contribution in [0.4, 0.5) is 0 Å². The minimum absolute atomic E-state index is 0.708. The lowest BCUT2D eigenvalue weighted by molar-refractivity contribution is 0.463. The second-order valence-corrected chi connectivity index (χ2v) is 5.49. The van der Waals surface area contributed by atoms with E-state index < -0.39 is 0 Å². The van der Waals surface area contributed by atoms with Crippen molar-refractivity contribution in [2.24, 2.45) is 5.92 Å². The maximum atomic E-state index is 5.35. The van der Waals surface area contributed by atoms with Gasteiger partial charge in [-0.05, 0) is 37.9 Å². The quantitative estimate of drug-likeness (QED) is 0.853. The van der Waals surface area contributed by atoms with Gasteiger partial charge in [-0.1, -0.05) is 6.92 Å². The van der Waals surface area contributed by atoms with Crippen LogP contribution in [-0.4, -0.2) is 18.3 Å². The Morgan fingerprint density at radius 3 is 3.00 bits per heavy atom. The molecule has 0 aliphatic heterocycles. The van der Waals surface area contributed by atoms with E-state index >= 15 is 0 Å². The summed E-state index contributed by atoms with van der Waals surface area (Å²) in [5.41, 5.74) is 0. The fourth-order valence-corrected chi connectivity index (χ4v) is 3.69. The van der Waals surface area contributed by atoms with Crippen molar-refractivity contribution in [1.82, 2.24) is 5.32 Å². The second kappa shape index (κ2) is 5.08. The molecule has 1 saturated carbocycles. The molecule has 0 bridgehead atoms. The fraction of sp³-hybridized carbons (Fsp3) is 0.667. The first-order valence-electron chi connectivity index (χ1n) is 5.62. The van der Waals surface area contributed by atoms with Crippen molar-refractivity contribution in [1.29, 1.82) is 0 Å². The van der Waals surface area contributed by atoms with E-state index in [4.69, 9.17) is 4.42 Å². The van der Waals surface area contributed by atoms with Crippen LogP contribution in [0.15, 0.2) is 22.8 Å². The molecule has 0 radical (unpaired) electrons. The number of thioether (sulfide) groups is 1. The Balaban J connectivity index is 1.81. The molecule has 0 spiro atoms. The van der Waals surface area contributed by atoms with Crippen LogP contribution in [0, 0.1) is 5.92 Å². The predicted octanol–water partition coefficient (Wildman–Crippen LogP) is 2.90. The van der Waals surface area contributed by atoms with Crippen LogP contribution >= 0.6 is 11.8 Å². The van der Waals surface area contributed by atoms with E-state index in [0.717, 1.165) is 22.7 Å². The maximum absolute atomic E-state index is 5.35. The van der Waals surface area contributed by atoms with Crippen LogP contribution in [0.2, 0.25) is 0 Å². The molecule has 0 saturated heterocycles. The summed E-state index contributed by atoms with van der Waals surface area (Å²) >= 11 is 2.04. The highest BCUT2D eigenvalue weighted by Crippen LogP contribution is 2.36. The van der Waals surface area contributed by atoms with Gasteiger partial charge in [0.25, 0.3) is 0 Å². The summed E-state index contributed by atoms with van der Waals surface area (Å²) in [5, 5.41) is 4.18. The first kappa shape index (κ1) is 11.1. The monoisotopic (exact) mass is 225 g/mol. The summed E-state index contributed by atoms with van der Waals surface area (Å²) in [4.78, 5) is 0. The third kappa shape index (κ3) is 2.58. The van der Waals surface area contributed by atoms with Crippen molar-refractivity contribution in [2.75, 3.05) is 7.05 Å². The van der Waals surface area contributed by atoms with Gasteiger partial charge in [-0.25, -0.2) is 0 Å². The molecule has 0 aromatic carbocycles. The van der Waals surface area contributed by atoms with E-state index in [-0.39, 0.29) is 0 Å². The zero-order chi connectivity index (χ0) is 10.7. The molecule has 1 heterocycles. The number of furan rings is 1. The van der Waals surface area contributed by atoms with Gasteiger partial charge in [0.05, 0.1) is 12.0 Å². The first-order valence-corrected chi connectivity index (χ1v) is 6.67. The number of nitrogens with one attached hydrogen (secondary N) is 1. The standard InChI is InChI=1S/C12H19NOS/c1-9-11(13-2)5-6-12(9)15-8-10-4-3-7-14-10/h3-4,7,9,11-13H,5-6,8H2,1-2H3. The van der Waals surface area contributed by atoms with E-state index in [1.165, 1.54) is 12.8 Å². The molecular weight excluding hydrogens is 206 g/mol. The Bertz CT molecular complexity index is 286. The summed E-state index contributed by atoms with van der Waals surface area (Å²) in [6.45, 7) is 2.36. The zero-order valence-electron chi connectivity index (χ0n) is 9.40. The van der Waals surface area contributed by atoms with Crippen molar-refractivity contribution in [3.05, 3.63) is 24.2 Å². The van der Waals surface area contributed by atoms with E-state index in [2.05, 4.69) is 25.4 Å². The molecule has 15 heavy (non-hydrogen) atoms. The van der Waals surface area contributed by atoms with Gasteiger partial charge in [-0.2, -0.15) is 11.8 Å². The van der Waals surface area contributed by atoms with Crippen molar-refractivity contribution in [2.45, 2.75) is 36.8 Å². The molecule has 3 atom stereocenters. The lowest BCUT2D eigenvalue weighted by atomic mass is 10.1. The number of hydrogen-bond donors (Lipinski definition) is 1. The molecule has 1 aromatic heterocycles. The van der Waals surface area contributed by atoms with E-state index in [0.29, 0.717) is 6.04 Å².